The lowest BCUT2D eigenvalue weighted by molar-refractivity contribution is -0.135. The van der Waals surface area contributed by atoms with E-state index >= 15 is 0 Å². The lowest BCUT2D eigenvalue weighted by Crippen LogP contribution is -2.48. The van der Waals surface area contributed by atoms with E-state index < -0.39 is 0 Å². The Morgan fingerprint density at radius 3 is 2.71 bits per heavy atom. The Labute approximate surface area is 209 Å². The molecule has 8 nitrogen and oxygen atoms in total. The molecular weight excluding hydrogens is 468 g/mol. The number of amides is 2. The van der Waals surface area contributed by atoms with Gasteiger partial charge in [0.05, 0.1) is 19.4 Å². The van der Waals surface area contributed by atoms with Gasteiger partial charge in [-0.2, -0.15) is 0 Å². The fourth-order valence-electron chi connectivity index (χ4n) is 4.24. The van der Waals surface area contributed by atoms with Crippen LogP contribution < -0.4 is 9.47 Å². The van der Waals surface area contributed by atoms with Gasteiger partial charge < -0.3 is 28.4 Å². The number of ether oxygens (including phenoxy) is 3. The van der Waals surface area contributed by atoms with E-state index in [1.165, 1.54) is 16.0 Å². The zero-order valence-corrected chi connectivity index (χ0v) is 20.8. The summed E-state index contributed by atoms with van der Waals surface area (Å²) in [5, 5.41) is 2.05. The van der Waals surface area contributed by atoms with Gasteiger partial charge >= 0.3 is 0 Å². The number of benzene rings is 1. The molecule has 0 fully saturated rings. The summed E-state index contributed by atoms with van der Waals surface area (Å²) in [4.78, 5) is 31.2. The number of para-hydroxylation sites is 2. The topological polar surface area (TPSA) is 81.5 Å². The van der Waals surface area contributed by atoms with Crippen LogP contribution in [0, 0.1) is 0 Å². The van der Waals surface area contributed by atoms with Crippen LogP contribution in [0.2, 0.25) is 0 Å². The van der Waals surface area contributed by atoms with Crippen LogP contribution in [0.1, 0.15) is 33.5 Å². The highest BCUT2D eigenvalue weighted by Crippen LogP contribution is 2.35. The summed E-state index contributed by atoms with van der Waals surface area (Å²) in [7, 11) is 3.21. The van der Waals surface area contributed by atoms with Gasteiger partial charge in [-0.3, -0.25) is 9.59 Å². The second kappa shape index (κ2) is 11.9. The Morgan fingerprint density at radius 2 is 1.97 bits per heavy atom. The van der Waals surface area contributed by atoms with E-state index in [1.54, 1.807) is 37.7 Å². The average molecular weight is 499 g/mol. The van der Waals surface area contributed by atoms with Crippen LogP contribution in [0.5, 0.6) is 11.5 Å². The van der Waals surface area contributed by atoms with Crippen molar-refractivity contribution in [1.29, 1.82) is 0 Å². The van der Waals surface area contributed by atoms with Gasteiger partial charge in [0.25, 0.3) is 5.91 Å². The summed E-state index contributed by atoms with van der Waals surface area (Å²) in [5.41, 5.74) is 1.09. The van der Waals surface area contributed by atoms with Crippen LogP contribution >= 0.6 is 11.3 Å². The fourth-order valence-corrected chi connectivity index (χ4v) is 5.17. The van der Waals surface area contributed by atoms with Crippen LogP contribution in [0.25, 0.3) is 0 Å². The van der Waals surface area contributed by atoms with Crippen molar-refractivity contribution < 1.29 is 28.2 Å². The summed E-state index contributed by atoms with van der Waals surface area (Å²) < 4.78 is 22.0. The molecule has 3 heterocycles. The number of nitrogens with zero attached hydrogens (tertiary/aromatic N) is 2. The van der Waals surface area contributed by atoms with Crippen molar-refractivity contribution in [2.24, 2.45) is 0 Å². The minimum atomic E-state index is -0.311. The number of furan rings is 1. The van der Waals surface area contributed by atoms with Crippen molar-refractivity contribution in [1.82, 2.24) is 9.80 Å². The highest BCUT2D eigenvalue weighted by Gasteiger charge is 2.34. The van der Waals surface area contributed by atoms with Crippen molar-refractivity contribution in [3.63, 3.8) is 0 Å². The highest BCUT2D eigenvalue weighted by molar-refractivity contribution is 7.10. The Kier molecular flexibility index (Phi) is 8.44. The molecule has 0 radical (unpaired) electrons. The molecule has 0 bridgehead atoms. The predicted molar refractivity (Wildman–Crippen MR) is 132 cm³/mol. The van der Waals surface area contributed by atoms with Crippen molar-refractivity contribution >= 4 is 23.2 Å². The number of fused-ring (bicyclic) bond motifs is 1. The third-order valence-electron chi connectivity index (χ3n) is 6.00. The van der Waals surface area contributed by atoms with Crippen molar-refractivity contribution in [3.8, 4) is 11.5 Å². The zero-order chi connectivity index (χ0) is 24.6. The number of carbonyl (C=O) groups excluding carboxylic acids is 2. The smallest absolute Gasteiger partial charge is 0.290 e. The minimum absolute atomic E-state index is 0.0477. The average Bonchev–Trinajstić information content (AvgIpc) is 3.59. The van der Waals surface area contributed by atoms with Crippen LogP contribution in [-0.2, 0) is 16.0 Å². The highest BCUT2D eigenvalue weighted by atomic mass is 32.1. The molecule has 1 aromatic carbocycles. The molecular formula is C26H30N2O6S. The molecule has 0 aliphatic carbocycles. The molecule has 186 valence electrons. The number of thiophene rings is 1. The summed E-state index contributed by atoms with van der Waals surface area (Å²) >= 11 is 1.69. The molecule has 0 saturated heterocycles. The molecule has 35 heavy (non-hydrogen) atoms. The van der Waals surface area contributed by atoms with Gasteiger partial charge in [-0.15, -0.1) is 11.3 Å². The first-order chi connectivity index (χ1) is 17.1. The van der Waals surface area contributed by atoms with Gasteiger partial charge in [0.15, 0.2) is 17.3 Å². The molecule has 9 heteroatoms. The maximum absolute atomic E-state index is 13.6. The second-order valence-corrected chi connectivity index (χ2v) is 9.16. The van der Waals surface area contributed by atoms with Crippen LogP contribution in [0.15, 0.2) is 58.5 Å². The van der Waals surface area contributed by atoms with E-state index in [1.807, 2.05) is 34.5 Å². The maximum atomic E-state index is 13.6. The number of rotatable bonds is 11. The zero-order valence-electron chi connectivity index (χ0n) is 20.0. The molecule has 2 aromatic heterocycles. The summed E-state index contributed by atoms with van der Waals surface area (Å²) in [6, 6.07) is 12.5. The number of carbonyl (C=O) groups is 2. The van der Waals surface area contributed by atoms with E-state index in [0.717, 1.165) is 12.0 Å². The monoisotopic (exact) mass is 498 g/mol. The van der Waals surface area contributed by atoms with Crippen molar-refractivity contribution in [2.75, 3.05) is 47.1 Å². The molecule has 4 rings (SSSR count). The molecule has 1 aliphatic rings. The van der Waals surface area contributed by atoms with Gasteiger partial charge in [0.1, 0.15) is 13.2 Å². The van der Waals surface area contributed by atoms with Gasteiger partial charge in [-0.25, -0.2) is 0 Å². The first-order valence-electron chi connectivity index (χ1n) is 11.6. The van der Waals surface area contributed by atoms with Gasteiger partial charge in [-0.1, -0.05) is 12.1 Å². The molecule has 1 aliphatic heterocycles. The minimum Gasteiger partial charge on any atom is -0.493 e. The predicted octanol–water partition coefficient (Wildman–Crippen LogP) is 4.03. The summed E-state index contributed by atoms with van der Waals surface area (Å²) in [6.07, 6.45) is 2.85. The lowest BCUT2D eigenvalue weighted by atomic mass is 10.0. The van der Waals surface area contributed by atoms with E-state index in [-0.39, 0.29) is 36.8 Å². The lowest BCUT2D eigenvalue weighted by Gasteiger charge is -2.37. The van der Waals surface area contributed by atoms with E-state index in [9.17, 15) is 9.59 Å². The van der Waals surface area contributed by atoms with Crippen LogP contribution in [0.4, 0.5) is 0 Å². The van der Waals surface area contributed by atoms with Crippen LogP contribution in [0.3, 0.4) is 0 Å². The molecule has 3 aromatic rings. The Morgan fingerprint density at radius 1 is 1.14 bits per heavy atom. The Bertz CT molecular complexity index is 1110. The van der Waals surface area contributed by atoms with Crippen LogP contribution in [-0.4, -0.2) is 68.7 Å². The van der Waals surface area contributed by atoms with E-state index in [0.29, 0.717) is 37.6 Å². The standard InChI is InChI=1S/C26H30N2O6S/c1-31-14-6-12-27(26(30)23-9-5-15-33-23)17-25(29)28-13-10-24-19(11-16-35-24)20(28)18-34-22-8-4-3-7-21(22)32-2/h3-5,7-9,11,15-16,20H,6,10,12-14,17-18H2,1-2H3/t20-/m1/s1. The SMILES string of the molecule is COCCCN(CC(=O)N1CCc2sccc2[C@H]1COc1ccccc1OC)C(=O)c1ccco1. The summed E-state index contributed by atoms with van der Waals surface area (Å²) in [5.74, 6) is 1.03. The Balaban J connectivity index is 1.52. The van der Waals surface area contributed by atoms with Gasteiger partial charge in [-0.05, 0) is 54.1 Å². The van der Waals surface area contributed by atoms with E-state index in [4.69, 9.17) is 18.6 Å². The maximum Gasteiger partial charge on any atom is 0.290 e. The fraction of sp³-hybridized carbons (Fsp3) is 0.385. The quantitative estimate of drug-likeness (QED) is 0.371. The second-order valence-electron chi connectivity index (χ2n) is 8.16. The molecule has 2 amide bonds. The van der Waals surface area contributed by atoms with E-state index in [2.05, 4.69) is 6.07 Å². The molecule has 0 spiro atoms. The summed E-state index contributed by atoms with van der Waals surface area (Å²) in [6.45, 7) is 1.68. The normalized spacial score (nSPS) is 14.9. The third-order valence-corrected chi connectivity index (χ3v) is 7.00. The molecule has 0 saturated carbocycles. The molecule has 0 N–H and O–H groups in total. The largest absolute Gasteiger partial charge is 0.493 e. The van der Waals surface area contributed by atoms with Gasteiger partial charge in [0.2, 0.25) is 5.91 Å². The first kappa shape index (κ1) is 24.8. The van der Waals surface area contributed by atoms with Gasteiger partial charge in [0, 0.05) is 31.7 Å². The number of methoxy groups -OCH3 is 2. The molecule has 1 atom stereocenters. The Hall–Kier alpha value is -3.30. The third kappa shape index (κ3) is 5.86. The van der Waals surface area contributed by atoms with Crippen molar-refractivity contribution in [3.05, 3.63) is 70.3 Å². The molecule has 0 unspecified atom stereocenters. The number of hydrogen-bond acceptors (Lipinski definition) is 7. The number of hydrogen-bond donors (Lipinski definition) is 0. The van der Waals surface area contributed by atoms with Crippen molar-refractivity contribution in [2.45, 2.75) is 18.9 Å². The first-order valence-corrected chi connectivity index (χ1v) is 12.4.